The van der Waals surface area contributed by atoms with Gasteiger partial charge in [0.25, 0.3) is 5.91 Å². The Bertz CT molecular complexity index is 850. The largest absolute Gasteiger partial charge is 0.497 e. The van der Waals surface area contributed by atoms with E-state index in [1.54, 1.807) is 31.1 Å². The van der Waals surface area contributed by atoms with Crippen LogP contribution in [0.15, 0.2) is 36.5 Å². The number of carbonyl (C=O) groups excluding carboxylic acids is 2. The molecule has 3 heterocycles. The molecule has 0 bridgehead atoms. The summed E-state index contributed by atoms with van der Waals surface area (Å²) in [5.41, 5.74) is 1.41. The van der Waals surface area contributed by atoms with Gasteiger partial charge in [0.1, 0.15) is 11.4 Å². The Balaban J connectivity index is 1.33. The van der Waals surface area contributed by atoms with Crippen molar-refractivity contribution in [2.45, 2.75) is 19.4 Å². The number of aromatic nitrogens is 2. The van der Waals surface area contributed by atoms with Crippen LogP contribution in [0.3, 0.4) is 0 Å². The van der Waals surface area contributed by atoms with Crippen molar-refractivity contribution in [2.24, 2.45) is 12.5 Å². The summed E-state index contributed by atoms with van der Waals surface area (Å²) in [5.74, 6) is 1.02. The van der Waals surface area contributed by atoms with Crippen LogP contribution in [0.4, 0.5) is 0 Å². The number of β-lactam (4-membered cyclic amide) rings is 1. The van der Waals surface area contributed by atoms with E-state index in [0.29, 0.717) is 25.3 Å². The molecular weight excluding hydrogens is 344 g/mol. The summed E-state index contributed by atoms with van der Waals surface area (Å²) in [7, 11) is 3.41. The molecule has 2 saturated heterocycles. The fourth-order valence-electron chi connectivity index (χ4n) is 4.08. The van der Waals surface area contributed by atoms with E-state index >= 15 is 0 Å². The number of carbonyl (C=O) groups is 2. The zero-order valence-corrected chi connectivity index (χ0v) is 15.7. The normalized spacial score (nSPS) is 18.5. The highest BCUT2D eigenvalue weighted by Gasteiger charge is 2.53. The van der Waals surface area contributed by atoms with E-state index in [1.165, 1.54) is 0 Å². The first-order valence-corrected chi connectivity index (χ1v) is 9.22. The molecule has 2 aliphatic heterocycles. The van der Waals surface area contributed by atoms with Gasteiger partial charge < -0.3 is 14.5 Å². The second-order valence-electron chi connectivity index (χ2n) is 7.42. The topological polar surface area (TPSA) is 67.7 Å². The summed E-state index contributed by atoms with van der Waals surface area (Å²) in [6.45, 7) is 2.63. The van der Waals surface area contributed by atoms with Crippen LogP contribution >= 0.6 is 0 Å². The van der Waals surface area contributed by atoms with Gasteiger partial charge in [-0.15, -0.1) is 0 Å². The van der Waals surface area contributed by atoms with Crippen molar-refractivity contribution in [2.75, 3.05) is 26.7 Å². The lowest BCUT2D eigenvalue weighted by Gasteiger charge is -2.52. The molecule has 7 heteroatoms. The van der Waals surface area contributed by atoms with Crippen LogP contribution in [0.5, 0.6) is 5.75 Å². The zero-order valence-electron chi connectivity index (χ0n) is 15.7. The third-order valence-electron chi connectivity index (χ3n) is 5.81. The quantitative estimate of drug-likeness (QED) is 0.771. The molecule has 2 fully saturated rings. The average molecular weight is 368 g/mol. The van der Waals surface area contributed by atoms with E-state index in [1.807, 2.05) is 34.1 Å². The SMILES string of the molecule is COc1ccc(CN2CC3(CCN(C(=O)c4ccnn4C)CC3)C2=O)cc1. The van der Waals surface area contributed by atoms with E-state index < -0.39 is 0 Å². The lowest BCUT2D eigenvalue weighted by molar-refractivity contribution is -0.165. The van der Waals surface area contributed by atoms with Crippen molar-refractivity contribution in [1.29, 1.82) is 0 Å². The molecule has 0 saturated carbocycles. The smallest absolute Gasteiger partial charge is 0.272 e. The van der Waals surface area contributed by atoms with E-state index in [0.717, 1.165) is 30.7 Å². The zero-order chi connectivity index (χ0) is 19.0. The van der Waals surface area contributed by atoms with Gasteiger partial charge >= 0.3 is 0 Å². The molecule has 2 aromatic rings. The highest BCUT2D eigenvalue weighted by molar-refractivity contribution is 5.93. The van der Waals surface area contributed by atoms with Gasteiger partial charge in [-0.1, -0.05) is 12.1 Å². The fraction of sp³-hybridized carbons (Fsp3) is 0.450. The average Bonchev–Trinajstić information content (AvgIpc) is 3.13. The predicted molar refractivity (Wildman–Crippen MR) is 99.2 cm³/mol. The van der Waals surface area contributed by atoms with Crippen LogP contribution in [-0.4, -0.2) is 58.1 Å². The van der Waals surface area contributed by atoms with Gasteiger partial charge in [-0.3, -0.25) is 14.3 Å². The van der Waals surface area contributed by atoms with Gasteiger partial charge in [-0.2, -0.15) is 5.10 Å². The lowest BCUT2D eigenvalue weighted by Crippen LogP contribution is -2.64. The summed E-state index contributed by atoms with van der Waals surface area (Å²) < 4.78 is 6.77. The first kappa shape index (κ1) is 17.6. The fourth-order valence-corrected chi connectivity index (χ4v) is 4.08. The molecule has 0 aliphatic carbocycles. The Labute approximate surface area is 158 Å². The van der Waals surface area contributed by atoms with Crippen LogP contribution in [0.2, 0.25) is 0 Å². The van der Waals surface area contributed by atoms with Crippen LogP contribution in [0.1, 0.15) is 28.9 Å². The molecule has 0 atom stereocenters. The molecule has 1 aromatic carbocycles. The second kappa shape index (κ2) is 6.72. The molecule has 2 amide bonds. The number of hydrogen-bond donors (Lipinski definition) is 0. The number of amides is 2. The van der Waals surface area contributed by atoms with E-state index in [9.17, 15) is 9.59 Å². The third-order valence-corrected chi connectivity index (χ3v) is 5.81. The van der Waals surface area contributed by atoms with E-state index in [2.05, 4.69) is 5.10 Å². The Hall–Kier alpha value is -2.83. The minimum absolute atomic E-state index is 0.00767. The van der Waals surface area contributed by atoms with Crippen molar-refractivity contribution >= 4 is 11.8 Å². The van der Waals surface area contributed by atoms with E-state index in [4.69, 9.17) is 4.74 Å². The molecule has 0 N–H and O–H groups in total. The number of aryl methyl sites for hydroxylation is 1. The first-order chi connectivity index (χ1) is 13.0. The molecule has 1 spiro atoms. The minimum atomic E-state index is -0.282. The van der Waals surface area contributed by atoms with E-state index in [-0.39, 0.29) is 17.2 Å². The monoisotopic (exact) mass is 368 g/mol. The molecule has 0 unspecified atom stereocenters. The number of methoxy groups -OCH3 is 1. The van der Waals surface area contributed by atoms with Crippen LogP contribution in [0.25, 0.3) is 0 Å². The molecule has 142 valence electrons. The molecule has 27 heavy (non-hydrogen) atoms. The Morgan fingerprint density at radius 1 is 1.19 bits per heavy atom. The van der Waals surface area contributed by atoms with Crippen molar-refractivity contribution in [3.63, 3.8) is 0 Å². The summed E-state index contributed by atoms with van der Waals surface area (Å²) in [4.78, 5) is 29.1. The summed E-state index contributed by atoms with van der Waals surface area (Å²) in [5, 5.41) is 4.06. The maximum absolute atomic E-state index is 12.8. The molecule has 4 rings (SSSR count). The number of ether oxygens (including phenoxy) is 1. The summed E-state index contributed by atoms with van der Waals surface area (Å²) in [6.07, 6.45) is 3.09. The Kier molecular flexibility index (Phi) is 4.37. The van der Waals surface area contributed by atoms with Crippen molar-refractivity contribution in [1.82, 2.24) is 19.6 Å². The third kappa shape index (κ3) is 3.07. The number of hydrogen-bond acceptors (Lipinski definition) is 4. The minimum Gasteiger partial charge on any atom is -0.497 e. The highest BCUT2D eigenvalue weighted by atomic mass is 16.5. The second-order valence-corrected chi connectivity index (χ2v) is 7.42. The molecule has 0 radical (unpaired) electrons. The van der Waals surface area contributed by atoms with Crippen LogP contribution in [0, 0.1) is 5.41 Å². The number of benzene rings is 1. The number of likely N-dealkylation sites (tertiary alicyclic amines) is 2. The maximum Gasteiger partial charge on any atom is 0.272 e. The predicted octanol–water partition coefficient (Wildman–Crippen LogP) is 1.69. The highest BCUT2D eigenvalue weighted by Crippen LogP contribution is 2.42. The van der Waals surface area contributed by atoms with Crippen LogP contribution in [-0.2, 0) is 18.4 Å². The molecule has 7 nitrogen and oxygen atoms in total. The summed E-state index contributed by atoms with van der Waals surface area (Å²) in [6, 6.07) is 9.55. The van der Waals surface area contributed by atoms with Gasteiger partial charge in [0.2, 0.25) is 5.91 Å². The van der Waals surface area contributed by atoms with Gasteiger partial charge in [0.15, 0.2) is 0 Å². The van der Waals surface area contributed by atoms with Crippen molar-refractivity contribution in [3.8, 4) is 5.75 Å². The van der Waals surface area contributed by atoms with Crippen LogP contribution < -0.4 is 4.74 Å². The molecular formula is C20H24N4O3. The van der Waals surface area contributed by atoms with Crippen molar-refractivity contribution < 1.29 is 14.3 Å². The Morgan fingerprint density at radius 3 is 2.44 bits per heavy atom. The van der Waals surface area contributed by atoms with Gasteiger partial charge in [0, 0.05) is 39.4 Å². The number of nitrogens with zero attached hydrogens (tertiary/aromatic N) is 4. The maximum atomic E-state index is 12.8. The Morgan fingerprint density at radius 2 is 1.89 bits per heavy atom. The molecule has 2 aliphatic rings. The number of rotatable bonds is 4. The number of piperidine rings is 1. The first-order valence-electron chi connectivity index (χ1n) is 9.22. The van der Waals surface area contributed by atoms with Gasteiger partial charge in [0.05, 0.1) is 12.5 Å². The van der Waals surface area contributed by atoms with Gasteiger partial charge in [-0.25, -0.2) is 0 Å². The molecule has 1 aromatic heterocycles. The summed E-state index contributed by atoms with van der Waals surface area (Å²) >= 11 is 0. The standard InChI is InChI=1S/C20H24N4O3/c1-22-17(7-10-21-22)18(25)23-11-8-20(9-12-23)14-24(19(20)26)13-15-3-5-16(27-2)6-4-15/h3-7,10H,8-9,11-14H2,1-2H3. The van der Waals surface area contributed by atoms with Gasteiger partial charge in [-0.05, 0) is 36.6 Å². The lowest BCUT2D eigenvalue weighted by atomic mass is 9.71. The van der Waals surface area contributed by atoms with Crippen molar-refractivity contribution in [3.05, 3.63) is 47.8 Å².